The van der Waals surface area contributed by atoms with Crippen molar-refractivity contribution in [1.82, 2.24) is 29.7 Å². The molecule has 2 aromatic heterocycles. The van der Waals surface area contributed by atoms with Gasteiger partial charge in [0.15, 0.2) is 0 Å². The summed E-state index contributed by atoms with van der Waals surface area (Å²) in [5, 5.41) is 16.3. The lowest BCUT2D eigenvalue weighted by Crippen LogP contribution is -2.20. The second-order valence-corrected chi connectivity index (χ2v) is 3.85. The predicted molar refractivity (Wildman–Crippen MR) is 64.5 cm³/mol. The molecule has 0 amide bonds. The number of anilines is 1. The second kappa shape index (κ2) is 5.69. The Balaban J connectivity index is 2.17. The summed E-state index contributed by atoms with van der Waals surface area (Å²) in [4.78, 5) is 15.7. The van der Waals surface area contributed by atoms with E-state index in [0.717, 1.165) is 0 Å². The van der Waals surface area contributed by atoms with Crippen LogP contribution in [0.15, 0.2) is 12.7 Å². The Hall–Kier alpha value is -1.80. The Morgan fingerprint density at radius 2 is 2.28 bits per heavy atom. The minimum atomic E-state index is -0.463. The smallest absolute Gasteiger partial charge is 0.258 e. The monoisotopic (exact) mass is 269 g/mol. The zero-order chi connectivity index (χ0) is 13.0. The fourth-order valence-corrected chi connectivity index (χ4v) is 1.34. The maximum Gasteiger partial charge on any atom is 0.258 e. The Kier molecular flexibility index (Phi) is 4.00. The van der Waals surface area contributed by atoms with Gasteiger partial charge in [0.25, 0.3) is 5.95 Å². The molecule has 1 atom stereocenters. The van der Waals surface area contributed by atoms with Crippen molar-refractivity contribution in [2.24, 2.45) is 0 Å². The van der Waals surface area contributed by atoms with Gasteiger partial charge in [-0.2, -0.15) is 24.7 Å². The van der Waals surface area contributed by atoms with Gasteiger partial charge < -0.3 is 10.4 Å². The van der Waals surface area contributed by atoms with E-state index in [-0.39, 0.29) is 17.2 Å². The third kappa shape index (κ3) is 3.11. The molecule has 0 aliphatic rings. The number of halogens is 1. The van der Waals surface area contributed by atoms with Gasteiger partial charge in [-0.05, 0) is 18.0 Å². The summed E-state index contributed by atoms with van der Waals surface area (Å²) in [7, 11) is 0. The average molecular weight is 270 g/mol. The van der Waals surface area contributed by atoms with Crippen LogP contribution in [0.2, 0.25) is 5.28 Å². The second-order valence-electron chi connectivity index (χ2n) is 3.51. The largest absolute Gasteiger partial charge is 0.391 e. The summed E-state index contributed by atoms with van der Waals surface area (Å²) in [6, 6.07) is 0. The summed E-state index contributed by atoms with van der Waals surface area (Å²) >= 11 is 5.79. The predicted octanol–water partition coefficient (Wildman–Crippen LogP) is 0.288. The summed E-state index contributed by atoms with van der Waals surface area (Å²) in [6.45, 7) is 2.22. The van der Waals surface area contributed by atoms with Crippen LogP contribution in [0.4, 0.5) is 5.95 Å². The highest BCUT2D eigenvalue weighted by molar-refractivity contribution is 6.28. The molecule has 0 saturated carbocycles. The van der Waals surface area contributed by atoms with Crippen molar-refractivity contribution in [2.75, 3.05) is 11.9 Å². The highest BCUT2D eigenvalue weighted by Crippen LogP contribution is 2.08. The SMILES string of the molecule is CCC(O)CNc1nc(Cl)nc(-n2cncn2)n1. The molecule has 0 fully saturated rings. The van der Waals surface area contributed by atoms with Gasteiger partial charge in [0.2, 0.25) is 11.2 Å². The van der Waals surface area contributed by atoms with E-state index in [1.165, 1.54) is 17.3 Å². The molecule has 2 heterocycles. The van der Waals surface area contributed by atoms with Crippen LogP contribution in [0.25, 0.3) is 5.95 Å². The quantitative estimate of drug-likeness (QED) is 0.804. The van der Waals surface area contributed by atoms with Crippen molar-refractivity contribution in [3.63, 3.8) is 0 Å². The average Bonchev–Trinajstić information content (AvgIpc) is 2.89. The Morgan fingerprint density at radius 3 is 2.94 bits per heavy atom. The van der Waals surface area contributed by atoms with Crippen molar-refractivity contribution in [1.29, 1.82) is 0 Å². The van der Waals surface area contributed by atoms with E-state index >= 15 is 0 Å². The number of hydrogen-bond donors (Lipinski definition) is 2. The molecule has 2 N–H and O–H groups in total. The van der Waals surface area contributed by atoms with E-state index in [1.54, 1.807) is 0 Å². The first-order valence-corrected chi connectivity index (χ1v) is 5.75. The number of aliphatic hydroxyl groups is 1. The van der Waals surface area contributed by atoms with Crippen LogP contribution in [0.3, 0.4) is 0 Å². The maximum absolute atomic E-state index is 9.45. The number of nitrogens with one attached hydrogen (secondary N) is 1. The molecule has 18 heavy (non-hydrogen) atoms. The van der Waals surface area contributed by atoms with Gasteiger partial charge >= 0.3 is 0 Å². The number of rotatable bonds is 5. The lowest BCUT2D eigenvalue weighted by molar-refractivity contribution is 0.183. The number of aliphatic hydroxyl groups excluding tert-OH is 1. The minimum Gasteiger partial charge on any atom is -0.391 e. The molecule has 0 aliphatic heterocycles. The Morgan fingerprint density at radius 1 is 1.44 bits per heavy atom. The minimum absolute atomic E-state index is 0.0454. The van der Waals surface area contributed by atoms with Crippen LogP contribution in [0.1, 0.15) is 13.3 Å². The van der Waals surface area contributed by atoms with Gasteiger partial charge in [-0.1, -0.05) is 6.92 Å². The molecule has 0 aliphatic carbocycles. The first kappa shape index (κ1) is 12.7. The molecule has 0 aromatic carbocycles. The van der Waals surface area contributed by atoms with Crippen molar-refractivity contribution in [3.05, 3.63) is 17.9 Å². The summed E-state index contributed by atoms with van der Waals surface area (Å²) in [5.74, 6) is 0.550. The van der Waals surface area contributed by atoms with Crippen LogP contribution in [-0.2, 0) is 0 Å². The van der Waals surface area contributed by atoms with Crippen LogP contribution in [-0.4, -0.2) is 47.5 Å². The standard InChI is InChI=1S/C9H12ClN7O/c1-2-6(18)3-12-8-14-7(10)15-9(16-8)17-5-11-4-13-17/h4-6,18H,2-3H2,1H3,(H,12,14,15,16). The van der Waals surface area contributed by atoms with E-state index < -0.39 is 6.10 Å². The highest BCUT2D eigenvalue weighted by atomic mass is 35.5. The van der Waals surface area contributed by atoms with E-state index in [2.05, 4.69) is 30.4 Å². The van der Waals surface area contributed by atoms with Crippen molar-refractivity contribution in [3.8, 4) is 5.95 Å². The first-order valence-electron chi connectivity index (χ1n) is 5.37. The fraction of sp³-hybridized carbons (Fsp3) is 0.444. The van der Waals surface area contributed by atoms with E-state index in [1.807, 2.05) is 6.92 Å². The summed E-state index contributed by atoms with van der Waals surface area (Å²) < 4.78 is 1.37. The molecule has 96 valence electrons. The normalized spacial score (nSPS) is 12.4. The van der Waals surface area contributed by atoms with E-state index in [9.17, 15) is 5.11 Å². The number of hydrogen-bond acceptors (Lipinski definition) is 7. The van der Waals surface area contributed by atoms with E-state index in [0.29, 0.717) is 13.0 Å². The zero-order valence-electron chi connectivity index (χ0n) is 9.65. The molecule has 2 rings (SSSR count). The third-order valence-electron chi connectivity index (χ3n) is 2.19. The van der Waals surface area contributed by atoms with Crippen molar-refractivity contribution in [2.45, 2.75) is 19.4 Å². The fourth-order valence-electron chi connectivity index (χ4n) is 1.19. The molecule has 8 nitrogen and oxygen atoms in total. The van der Waals surface area contributed by atoms with Gasteiger partial charge in [-0.15, -0.1) is 0 Å². The molecular formula is C9H12ClN7O. The lowest BCUT2D eigenvalue weighted by Gasteiger charge is -2.09. The topological polar surface area (TPSA) is 102 Å². The Bertz CT molecular complexity index is 504. The molecule has 9 heteroatoms. The number of nitrogens with zero attached hydrogens (tertiary/aromatic N) is 6. The zero-order valence-corrected chi connectivity index (χ0v) is 10.4. The van der Waals surface area contributed by atoms with Crippen LogP contribution >= 0.6 is 11.6 Å². The highest BCUT2D eigenvalue weighted by Gasteiger charge is 2.08. The van der Waals surface area contributed by atoms with Crippen LogP contribution < -0.4 is 5.32 Å². The van der Waals surface area contributed by atoms with Crippen molar-refractivity contribution < 1.29 is 5.11 Å². The molecular weight excluding hydrogens is 258 g/mol. The van der Waals surface area contributed by atoms with Gasteiger partial charge in [0.1, 0.15) is 12.7 Å². The first-order chi connectivity index (χ1) is 8.69. The third-order valence-corrected chi connectivity index (χ3v) is 2.36. The van der Waals surface area contributed by atoms with E-state index in [4.69, 9.17) is 11.6 Å². The van der Waals surface area contributed by atoms with Gasteiger partial charge in [0.05, 0.1) is 6.10 Å². The number of aromatic nitrogens is 6. The lowest BCUT2D eigenvalue weighted by atomic mass is 10.3. The van der Waals surface area contributed by atoms with Crippen LogP contribution in [0.5, 0.6) is 0 Å². The van der Waals surface area contributed by atoms with Crippen LogP contribution in [0, 0.1) is 0 Å². The molecule has 0 radical (unpaired) electrons. The maximum atomic E-state index is 9.45. The van der Waals surface area contributed by atoms with Crippen molar-refractivity contribution >= 4 is 17.5 Å². The molecule has 0 bridgehead atoms. The summed E-state index contributed by atoms with van der Waals surface area (Å²) in [5.41, 5.74) is 0. The Labute approximate surface area is 108 Å². The molecule has 1 unspecified atom stereocenters. The van der Waals surface area contributed by atoms with Gasteiger partial charge in [-0.3, -0.25) is 0 Å². The molecule has 2 aromatic rings. The molecule has 0 spiro atoms. The summed E-state index contributed by atoms with van der Waals surface area (Å²) in [6.07, 6.45) is 3.00. The van der Waals surface area contributed by atoms with Gasteiger partial charge in [0, 0.05) is 6.54 Å². The molecule has 0 saturated heterocycles. The van der Waals surface area contributed by atoms with Gasteiger partial charge in [-0.25, -0.2) is 4.98 Å².